The van der Waals surface area contributed by atoms with Gasteiger partial charge in [-0.25, -0.2) is 4.98 Å². The van der Waals surface area contributed by atoms with Crippen molar-refractivity contribution >= 4 is 17.8 Å². The number of hydrogen-bond acceptors (Lipinski definition) is 4. The minimum Gasteiger partial charge on any atom is -0.454 e. The molecule has 0 fully saturated rings. The van der Waals surface area contributed by atoms with Gasteiger partial charge in [0, 0.05) is 12.3 Å². The lowest BCUT2D eigenvalue weighted by Gasteiger charge is -2.02. The smallest absolute Gasteiger partial charge is 0.249 e. The Morgan fingerprint density at radius 3 is 2.88 bits per heavy atom. The van der Waals surface area contributed by atoms with Gasteiger partial charge in [0.05, 0.1) is 0 Å². The van der Waals surface area contributed by atoms with Gasteiger partial charge in [0.25, 0.3) is 0 Å². The molecule has 0 bridgehead atoms. The molecule has 0 saturated carbocycles. The number of ether oxygens (including phenoxy) is 2. The number of aromatic nitrogens is 1. The van der Waals surface area contributed by atoms with Crippen LogP contribution in [0.15, 0.2) is 60.3 Å². The second-order valence-corrected chi connectivity index (χ2v) is 5.22. The summed E-state index contributed by atoms with van der Waals surface area (Å²) in [5.41, 5.74) is 2.04. The summed E-state index contributed by atoms with van der Waals surface area (Å²) in [6.07, 6.45) is 7.78. The molecule has 0 spiro atoms. The fraction of sp³-hybridized carbons (Fsp3) is 0.158. The number of carbonyl (C=O) groups is 1. The molecule has 0 radical (unpaired) electrons. The highest BCUT2D eigenvalue weighted by Crippen LogP contribution is 2.33. The molecule has 1 aliphatic heterocycles. The first kappa shape index (κ1) is 15.8. The van der Waals surface area contributed by atoms with Gasteiger partial charge in [0.15, 0.2) is 11.5 Å². The standard InChI is InChI=1S/C19H18N2O3/c1-2-14(7-9-19(22)21-18-5-3-4-10-20-18)11-15-6-8-16-17(12-15)24-13-23-16/h3-12H,2,13H2,1H3,(H,20,21,22)/b9-7+,14-11+. The van der Waals surface area contributed by atoms with Crippen molar-refractivity contribution < 1.29 is 14.3 Å². The van der Waals surface area contributed by atoms with Crippen LogP contribution in [0.1, 0.15) is 18.9 Å². The summed E-state index contributed by atoms with van der Waals surface area (Å²) < 4.78 is 10.7. The lowest BCUT2D eigenvalue weighted by Crippen LogP contribution is -2.08. The number of pyridine rings is 1. The van der Waals surface area contributed by atoms with Gasteiger partial charge >= 0.3 is 0 Å². The van der Waals surface area contributed by atoms with Crippen molar-refractivity contribution in [1.82, 2.24) is 4.98 Å². The van der Waals surface area contributed by atoms with Crippen molar-refractivity contribution in [3.05, 3.63) is 65.9 Å². The zero-order valence-electron chi connectivity index (χ0n) is 13.4. The quantitative estimate of drug-likeness (QED) is 0.672. The molecule has 3 rings (SSSR count). The van der Waals surface area contributed by atoms with E-state index in [0.717, 1.165) is 29.1 Å². The highest BCUT2D eigenvalue weighted by molar-refractivity contribution is 5.99. The van der Waals surface area contributed by atoms with E-state index in [2.05, 4.69) is 10.3 Å². The maximum absolute atomic E-state index is 11.9. The number of allylic oxidation sites excluding steroid dienone is 2. The first-order valence-electron chi connectivity index (χ1n) is 7.75. The predicted molar refractivity (Wildman–Crippen MR) is 92.8 cm³/mol. The minimum atomic E-state index is -0.210. The van der Waals surface area contributed by atoms with Gasteiger partial charge in [-0.3, -0.25) is 4.79 Å². The molecular formula is C19H18N2O3. The van der Waals surface area contributed by atoms with Crippen LogP contribution in [0.3, 0.4) is 0 Å². The summed E-state index contributed by atoms with van der Waals surface area (Å²) in [6.45, 7) is 2.30. The van der Waals surface area contributed by atoms with Crippen molar-refractivity contribution in [3.63, 3.8) is 0 Å². The predicted octanol–water partition coefficient (Wildman–Crippen LogP) is 3.80. The number of amides is 1. The molecular weight excluding hydrogens is 304 g/mol. The van der Waals surface area contributed by atoms with E-state index in [0.29, 0.717) is 5.82 Å². The molecule has 5 nitrogen and oxygen atoms in total. The molecule has 2 heterocycles. The largest absolute Gasteiger partial charge is 0.454 e. The van der Waals surface area contributed by atoms with Crippen molar-refractivity contribution in [1.29, 1.82) is 0 Å². The van der Waals surface area contributed by atoms with E-state index in [4.69, 9.17) is 9.47 Å². The molecule has 1 aromatic heterocycles. The van der Waals surface area contributed by atoms with Crippen LogP contribution in [0.5, 0.6) is 11.5 Å². The topological polar surface area (TPSA) is 60.5 Å². The van der Waals surface area contributed by atoms with E-state index in [-0.39, 0.29) is 12.7 Å². The van der Waals surface area contributed by atoms with Crippen LogP contribution in [0.25, 0.3) is 6.08 Å². The Morgan fingerprint density at radius 1 is 1.21 bits per heavy atom. The van der Waals surface area contributed by atoms with E-state index in [1.807, 2.05) is 43.3 Å². The second-order valence-electron chi connectivity index (χ2n) is 5.22. The van der Waals surface area contributed by atoms with Gasteiger partial charge in [0.1, 0.15) is 5.82 Å². The van der Waals surface area contributed by atoms with E-state index < -0.39 is 0 Å². The average Bonchev–Trinajstić information content (AvgIpc) is 3.07. The van der Waals surface area contributed by atoms with Crippen LogP contribution in [0.4, 0.5) is 5.82 Å². The van der Waals surface area contributed by atoms with E-state index >= 15 is 0 Å². The van der Waals surface area contributed by atoms with Crippen molar-refractivity contribution in [2.45, 2.75) is 13.3 Å². The normalized spacial score (nSPS) is 13.3. The first-order chi connectivity index (χ1) is 11.7. The van der Waals surface area contributed by atoms with Crippen molar-refractivity contribution in [2.75, 3.05) is 12.1 Å². The molecule has 1 amide bonds. The summed E-state index contributed by atoms with van der Waals surface area (Å²) in [6, 6.07) is 11.1. The molecule has 5 heteroatoms. The SMILES string of the molecule is CCC(/C=C/C(=O)Nc1ccccn1)=C\c1ccc2c(c1)OCO2. The maximum atomic E-state index is 11.9. The zero-order valence-corrected chi connectivity index (χ0v) is 13.4. The molecule has 0 unspecified atom stereocenters. The molecule has 2 aromatic rings. The third kappa shape index (κ3) is 4.01. The first-order valence-corrected chi connectivity index (χ1v) is 7.75. The summed E-state index contributed by atoms with van der Waals surface area (Å²) in [7, 11) is 0. The third-order valence-electron chi connectivity index (χ3n) is 3.52. The Bertz CT molecular complexity index is 782. The number of rotatable bonds is 5. The molecule has 1 aromatic carbocycles. The van der Waals surface area contributed by atoms with Crippen LogP contribution in [-0.4, -0.2) is 17.7 Å². The summed E-state index contributed by atoms with van der Waals surface area (Å²) >= 11 is 0. The van der Waals surface area contributed by atoms with Crippen LogP contribution in [-0.2, 0) is 4.79 Å². The second kappa shape index (κ2) is 7.46. The fourth-order valence-electron chi connectivity index (χ4n) is 2.27. The molecule has 0 saturated heterocycles. The van der Waals surface area contributed by atoms with Gasteiger partial charge in [-0.05, 0) is 41.8 Å². The molecule has 0 atom stereocenters. The number of nitrogens with one attached hydrogen (secondary N) is 1. The van der Waals surface area contributed by atoms with Crippen LogP contribution in [0, 0.1) is 0 Å². The molecule has 0 aliphatic carbocycles. The Balaban J connectivity index is 1.68. The summed E-state index contributed by atoms with van der Waals surface area (Å²) in [5, 5.41) is 2.72. The minimum absolute atomic E-state index is 0.210. The summed E-state index contributed by atoms with van der Waals surface area (Å²) in [5.74, 6) is 1.83. The lowest BCUT2D eigenvalue weighted by molar-refractivity contribution is -0.111. The van der Waals surface area contributed by atoms with Crippen LogP contribution >= 0.6 is 0 Å². The Kier molecular flexibility index (Phi) is 4.91. The van der Waals surface area contributed by atoms with Crippen LogP contribution in [0.2, 0.25) is 0 Å². The van der Waals surface area contributed by atoms with E-state index in [1.54, 1.807) is 18.3 Å². The zero-order chi connectivity index (χ0) is 16.8. The van der Waals surface area contributed by atoms with Gasteiger partial charge in [0.2, 0.25) is 12.7 Å². The van der Waals surface area contributed by atoms with Crippen LogP contribution < -0.4 is 14.8 Å². The Hall–Kier alpha value is -3.08. The fourth-order valence-corrected chi connectivity index (χ4v) is 2.27. The lowest BCUT2D eigenvalue weighted by atomic mass is 10.1. The molecule has 24 heavy (non-hydrogen) atoms. The third-order valence-corrected chi connectivity index (χ3v) is 3.52. The number of carbonyl (C=O) groups excluding carboxylic acids is 1. The average molecular weight is 322 g/mol. The number of fused-ring (bicyclic) bond motifs is 1. The number of nitrogens with zero attached hydrogens (tertiary/aromatic N) is 1. The van der Waals surface area contributed by atoms with Gasteiger partial charge in [-0.1, -0.05) is 31.2 Å². The molecule has 1 aliphatic rings. The van der Waals surface area contributed by atoms with Gasteiger partial charge in [-0.2, -0.15) is 0 Å². The highest BCUT2D eigenvalue weighted by Gasteiger charge is 2.12. The van der Waals surface area contributed by atoms with Crippen molar-refractivity contribution in [3.8, 4) is 11.5 Å². The van der Waals surface area contributed by atoms with E-state index in [9.17, 15) is 4.79 Å². The number of anilines is 1. The Morgan fingerprint density at radius 2 is 2.08 bits per heavy atom. The van der Waals surface area contributed by atoms with E-state index in [1.165, 1.54) is 6.08 Å². The van der Waals surface area contributed by atoms with Gasteiger partial charge < -0.3 is 14.8 Å². The monoisotopic (exact) mass is 322 g/mol. The summed E-state index contributed by atoms with van der Waals surface area (Å²) in [4.78, 5) is 16.0. The van der Waals surface area contributed by atoms with Gasteiger partial charge in [-0.15, -0.1) is 0 Å². The maximum Gasteiger partial charge on any atom is 0.249 e. The number of hydrogen-bond donors (Lipinski definition) is 1. The Labute approximate surface area is 140 Å². The highest BCUT2D eigenvalue weighted by atomic mass is 16.7. The van der Waals surface area contributed by atoms with Crippen molar-refractivity contribution in [2.24, 2.45) is 0 Å². The molecule has 122 valence electrons. The number of benzene rings is 1. The molecule has 1 N–H and O–H groups in total.